The second kappa shape index (κ2) is 3.87. The fourth-order valence-electron chi connectivity index (χ4n) is 3.38. The van der Waals surface area contributed by atoms with Crippen LogP contribution in [0, 0.1) is 0 Å². The number of hydrogen-bond donors (Lipinski definition) is 0. The number of rotatable bonds is 2. The van der Waals surface area contributed by atoms with Gasteiger partial charge in [-0.2, -0.15) is 0 Å². The number of hydrogen-bond acceptors (Lipinski definition) is 3. The summed E-state index contributed by atoms with van der Waals surface area (Å²) < 4.78 is 5.68. The molecule has 3 atom stereocenters. The van der Waals surface area contributed by atoms with Crippen LogP contribution in [0.5, 0.6) is 0 Å². The van der Waals surface area contributed by atoms with Crippen LogP contribution in [0.25, 0.3) is 0 Å². The number of carbonyl (C=O) groups is 1. The number of ketones is 1. The summed E-state index contributed by atoms with van der Waals surface area (Å²) in [5.41, 5.74) is 0. The molecule has 3 heterocycles. The second-order valence-corrected chi connectivity index (χ2v) is 5.16. The topological polar surface area (TPSA) is 29.5 Å². The standard InChI is InChI=1S/C12H19NO2/c14-11-6-9-3-4-10(7-11)13(9)8-12-2-1-5-15-12/h9-10,12H,1-8H2/t9-,10+,12-/m1/s1. The van der Waals surface area contributed by atoms with E-state index in [9.17, 15) is 4.79 Å². The third kappa shape index (κ3) is 1.83. The molecule has 0 spiro atoms. The normalized spacial score (nSPS) is 41.3. The summed E-state index contributed by atoms with van der Waals surface area (Å²) in [4.78, 5) is 14.0. The molecule has 3 aliphatic heterocycles. The average Bonchev–Trinajstić information content (AvgIpc) is 2.77. The van der Waals surface area contributed by atoms with Crippen molar-refractivity contribution >= 4 is 5.78 Å². The van der Waals surface area contributed by atoms with Crippen molar-refractivity contribution in [2.75, 3.05) is 13.2 Å². The highest BCUT2D eigenvalue weighted by Crippen LogP contribution is 2.34. The number of nitrogens with zero attached hydrogens (tertiary/aromatic N) is 1. The van der Waals surface area contributed by atoms with Crippen LogP contribution in [0.3, 0.4) is 0 Å². The predicted octanol–water partition coefficient (Wildman–Crippen LogP) is 1.36. The molecule has 0 unspecified atom stereocenters. The summed E-state index contributed by atoms with van der Waals surface area (Å²) in [5.74, 6) is 0.478. The van der Waals surface area contributed by atoms with Crippen molar-refractivity contribution in [2.24, 2.45) is 0 Å². The van der Waals surface area contributed by atoms with Gasteiger partial charge in [0.1, 0.15) is 5.78 Å². The maximum atomic E-state index is 11.4. The Labute approximate surface area is 90.8 Å². The number of ether oxygens (including phenoxy) is 1. The summed E-state index contributed by atoms with van der Waals surface area (Å²) in [5, 5.41) is 0. The van der Waals surface area contributed by atoms with E-state index < -0.39 is 0 Å². The molecule has 0 saturated carbocycles. The Bertz CT molecular complexity index is 244. The van der Waals surface area contributed by atoms with E-state index in [-0.39, 0.29) is 0 Å². The van der Waals surface area contributed by atoms with E-state index in [0.717, 1.165) is 26.0 Å². The highest BCUT2D eigenvalue weighted by atomic mass is 16.5. The lowest BCUT2D eigenvalue weighted by Crippen LogP contribution is -2.46. The van der Waals surface area contributed by atoms with E-state index >= 15 is 0 Å². The van der Waals surface area contributed by atoms with Gasteiger partial charge >= 0.3 is 0 Å². The third-order valence-corrected chi connectivity index (χ3v) is 4.14. The lowest BCUT2D eigenvalue weighted by atomic mass is 10.0. The van der Waals surface area contributed by atoms with Crippen molar-refractivity contribution in [1.29, 1.82) is 0 Å². The first kappa shape index (κ1) is 9.79. The molecule has 0 aromatic carbocycles. The van der Waals surface area contributed by atoms with Crippen LogP contribution >= 0.6 is 0 Å². The van der Waals surface area contributed by atoms with Crippen molar-refractivity contribution in [3.8, 4) is 0 Å². The molecular weight excluding hydrogens is 190 g/mol. The summed E-state index contributed by atoms with van der Waals surface area (Å²) in [6, 6.07) is 1.08. The number of fused-ring (bicyclic) bond motifs is 2. The molecule has 0 aliphatic carbocycles. The molecule has 0 N–H and O–H groups in total. The van der Waals surface area contributed by atoms with Gasteiger partial charge in [-0.25, -0.2) is 0 Å². The van der Waals surface area contributed by atoms with Gasteiger partial charge in [-0.15, -0.1) is 0 Å². The van der Waals surface area contributed by atoms with Gasteiger partial charge in [-0.3, -0.25) is 9.69 Å². The first-order chi connectivity index (χ1) is 7.33. The maximum Gasteiger partial charge on any atom is 0.136 e. The maximum absolute atomic E-state index is 11.4. The minimum Gasteiger partial charge on any atom is -0.377 e. The zero-order valence-electron chi connectivity index (χ0n) is 9.15. The smallest absolute Gasteiger partial charge is 0.136 e. The molecule has 0 radical (unpaired) electrons. The molecule has 3 rings (SSSR count). The molecule has 3 nitrogen and oxygen atoms in total. The van der Waals surface area contributed by atoms with Gasteiger partial charge in [0.15, 0.2) is 0 Å². The highest BCUT2D eigenvalue weighted by Gasteiger charge is 2.41. The van der Waals surface area contributed by atoms with Crippen LogP contribution in [-0.4, -0.2) is 42.0 Å². The van der Waals surface area contributed by atoms with Crippen molar-refractivity contribution in [2.45, 2.75) is 56.7 Å². The van der Waals surface area contributed by atoms with E-state index in [2.05, 4.69) is 4.90 Å². The molecule has 3 aliphatic rings. The second-order valence-electron chi connectivity index (χ2n) is 5.16. The number of carbonyl (C=O) groups excluding carboxylic acids is 1. The van der Waals surface area contributed by atoms with Gasteiger partial charge in [0.25, 0.3) is 0 Å². The van der Waals surface area contributed by atoms with Gasteiger partial charge in [0.05, 0.1) is 6.10 Å². The van der Waals surface area contributed by atoms with E-state index in [1.54, 1.807) is 0 Å². The molecule has 3 fully saturated rings. The van der Waals surface area contributed by atoms with E-state index in [4.69, 9.17) is 4.74 Å². The Morgan fingerprint density at radius 2 is 1.93 bits per heavy atom. The Balaban J connectivity index is 1.64. The molecule has 0 aromatic rings. The average molecular weight is 209 g/mol. The van der Waals surface area contributed by atoms with Gasteiger partial charge in [-0.1, -0.05) is 0 Å². The van der Waals surface area contributed by atoms with Gasteiger partial charge in [0.2, 0.25) is 0 Å². The monoisotopic (exact) mass is 209 g/mol. The molecular formula is C12H19NO2. The molecule has 2 bridgehead atoms. The van der Waals surface area contributed by atoms with Crippen LogP contribution in [0.1, 0.15) is 38.5 Å². The summed E-state index contributed by atoms with van der Waals surface area (Å²) in [7, 11) is 0. The van der Waals surface area contributed by atoms with Crippen LogP contribution in [-0.2, 0) is 9.53 Å². The first-order valence-corrected chi connectivity index (χ1v) is 6.22. The summed E-state index contributed by atoms with van der Waals surface area (Å²) >= 11 is 0. The van der Waals surface area contributed by atoms with Crippen molar-refractivity contribution in [3.05, 3.63) is 0 Å². The fraction of sp³-hybridized carbons (Fsp3) is 0.917. The molecule has 0 aromatic heterocycles. The fourth-order valence-corrected chi connectivity index (χ4v) is 3.38. The molecule has 15 heavy (non-hydrogen) atoms. The Kier molecular flexibility index (Phi) is 2.53. The van der Waals surface area contributed by atoms with Gasteiger partial charge < -0.3 is 4.74 Å². The lowest BCUT2D eigenvalue weighted by molar-refractivity contribution is -0.124. The lowest BCUT2D eigenvalue weighted by Gasteiger charge is -2.35. The van der Waals surface area contributed by atoms with Gasteiger partial charge in [0, 0.05) is 38.1 Å². The van der Waals surface area contributed by atoms with Gasteiger partial charge in [-0.05, 0) is 25.7 Å². The zero-order chi connectivity index (χ0) is 10.3. The van der Waals surface area contributed by atoms with Crippen LogP contribution in [0.4, 0.5) is 0 Å². The summed E-state index contributed by atoms with van der Waals surface area (Å²) in [6.45, 7) is 2.01. The third-order valence-electron chi connectivity index (χ3n) is 4.14. The SMILES string of the molecule is O=C1C[C@H]2CC[C@@H](C1)N2C[C@H]1CCCO1. The molecule has 84 valence electrons. The molecule has 0 amide bonds. The molecule has 3 saturated heterocycles. The number of Topliss-reactive ketones (excluding diaryl/α,β-unsaturated/α-hetero) is 1. The first-order valence-electron chi connectivity index (χ1n) is 6.22. The Morgan fingerprint density at radius 1 is 1.20 bits per heavy atom. The van der Waals surface area contributed by atoms with Crippen molar-refractivity contribution < 1.29 is 9.53 Å². The van der Waals surface area contributed by atoms with Crippen LogP contribution < -0.4 is 0 Å². The minimum absolute atomic E-state index is 0.446. The Hall–Kier alpha value is -0.410. The van der Waals surface area contributed by atoms with Crippen LogP contribution in [0.2, 0.25) is 0 Å². The Morgan fingerprint density at radius 3 is 2.53 bits per heavy atom. The van der Waals surface area contributed by atoms with Crippen molar-refractivity contribution in [1.82, 2.24) is 4.90 Å². The van der Waals surface area contributed by atoms with E-state index in [1.165, 1.54) is 25.7 Å². The molecule has 3 heteroatoms. The van der Waals surface area contributed by atoms with Crippen molar-refractivity contribution in [3.63, 3.8) is 0 Å². The quantitative estimate of drug-likeness (QED) is 0.687. The predicted molar refractivity (Wildman–Crippen MR) is 56.7 cm³/mol. The van der Waals surface area contributed by atoms with E-state index in [1.807, 2.05) is 0 Å². The zero-order valence-corrected chi connectivity index (χ0v) is 9.15. The van der Waals surface area contributed by atoms with E-state index in [0.29, 0.717) is 24.0 Å². The highest BCUT2D eigenvalue weighted by molar-refractivity contribution is 5.80. The number of piperidine rings is 1. The van der Waals surface area contributed by atoms with Crippen LogP contribution in [0.15, 0.2) is 0 Å². The largest absolute Gasteiger partial charge is 0.377 e. The minimum atomic E-state index is 0.446. The summed E-state index contributed by atoms with van der Waals surface area (Å²) in [6.07, 6.45) is 6.91.